The van der Waals surface area contributed by atoms with Crippen LogP contribution in [0.25, 0.3) is 5.69 Å². The minimum absolute atomic E-state index is 0. The van der Waals surface area contributed by atoms with E-state index in [4.69, 9.17) is 5.11 Å². The summed E-state index contributed by atoms with van der Waals surface area (Å²) in [6, 6.07) is 9.89. The molecule has 3 rings (SSSR count). The van der Waals surface area contributed by atoms with Crippen LogP contribution in [0, 0.1) is 5.92 Å². The molecule has 1 saturated heterocycles. The summed E-state index contributed by atoms with van der Waals surface area (Å²) in [5.41, 5.74) is 1.83. The highest BCUT2D eigenvalue weighted by Crippen LogP contribution is 2.26. The van der Waals surface area contributed by atoms with Crippen LogP contribution < -0.4 is 0 Å². The quantitative estimate of drug-likeness (QED) is 0.934. The first-order valence-corrected chi connectivity index (χ1v) is 7.09. The lowest BCUT2D eigenvalue weighted by molar-refractivity contribution is -0.141. The summed E-state index contributed by atoms with van der Waals surface area (Å²) in [6.07, 6.45) is 2.61. The zero-order valence-electron chi connectivity index (χ0n) is 12.3. The van der Waals surface area contributed by atoms with Gasteiger partial charge in [0.2, 0.25) is 0 Å². The molecule has 0 amide bonds. The minimum atomic E-state index is -0.711. The first kappa shape index (κ1) is 16.5. The molecule has 1 aliphatic heterocycles. The fourth-order valence-corrected chi connectivity index (χ4v) is 2.70. The fraction of sp³-hybridized carbons (Fsp3) is 0.400. The summed E-state index contributed by atoms with van der Waals surface area (Å²) in [5.74, 6) is -0.978. The molecule has 6 nitrogen and oxygen atoms in total. The Balaban J connectivity index is 0.00000176. The Labute approximate surface area is 135 Å². The van der Waals surface area contributed by atoms with Crippen LogP contribution in [-0.2, 0) is 4.79 Å². The van der Waals surface area contributed by atoms with E-state index in [0.29, 0.717) is 13.0 Å². The number of likely N-dealkylation sites (tertiary alicyclic amines) is 1. The third-order valence-corrected chi connectivity index (χ3v) is 4.08. The molecule has 1 aliphatic rings. The van der Waals surface area contributed by atoms with E-state index in [2.05, 4.69) is 15.2 Å². The Morgan fingerprint density at radius 2 is 2.09 bits per heavy atom. The molecular weight excluding hydrogens is 304 g/mol. The summed E-state index contributed by atoms with van der Waals surface area (Å²) in [5, 5.41) is 17.5. The number of aromatic nitrogens is 3. The number of carboxylic acid groups (broad SMARTS) is 1. The number of rotatable bonds is 4. The van der Waals surface area contributed by atoms with E-state index < -0.39 is 5.97 Å². The molecule has 2 unspecified atom stereocenters. The number of carbonyl (C=O) groups is 1. The van der Waals surface area contributed by atoms with Crippen molar-refractivity contribution < 1.29 is 9.90 Å². The van der Waals surface area contributed by atoms with Crippen molar-refractivity contribution in [1.82, 2.24) is 19.9 Å². The molecule has 0 spiro atoms. The first-order chi connectivity index (χ1) is 10.1. The first-order valence-electron chi connectivity index (χ1n) is 7.09. The summed E-state index contributed by atoms with van der Waals surface area (Å²) >= 11 is 0. The smallest absolute Gasteiger partial charge is 0.307 e. The molecular formula is C15H19ClN4O2. The number of halogens is 1. The molecule has 118 valence electrons. The summed E-state index contributed by atoms with van der Waals surface area (Å²) in [4.78, 5) is 13.2. The van der Waals surface area contributed by atoms with Crippen LogP contribution in [-0.4, -0.2) is 44.1 Å². The highest BCUT2D eigenvalue weighted by atomic mass is 35.5. The Morgan fingerprint density at radius 3 is 2.73 bits per heavy atom. The molecule has 2 aromatic rings. The number of benzene rings is 1. The fourth-order valence-electron chi connectivity index (χ4n) is 2.70. The molecule has 1 aromatic heterocycles. The van der Waals surface area contributed by atoms with Gasteiger partial charge in [-0.15, -0.1) is 17.5 Å². The van der Waals surface area contributed by atoms with Crippen molar-refractivity contribution in [2.75, 3.05) is 13.1 Å². The summed E-state index contributed by atoms with van der Waals surface area (Å²) < 4.78 is 1.75. The molecule has 7 heteroatoms. The van der Waals surface area contributed by atoms with E-state index in [1.165, 1.54) is 0 Å². The van der Waals surface area contributed by atoms with E-state index in [1.54, 1.807) is 4.68 Å². The predicted octanol–water partition coefficient (Wildman–Crippen LogP) is 2.16. The lowest BCUT2D eigenvalue weighted by Crippen LogP contribution is -2.26. The standard InChI is InChI=1S/C15H18N4O2.ClH/c1-11(18-8-7-12(9-18)15(20)21)14-10-19(17-16-14)13-5-3-2-4-6-13;/h2-6,10-12H,7-9H2,1H3,(H,20,21);1H. The highest BCUT2D eigenvalue weighted by Gasteiger charge is 2.31. The van der Waals surface area contributed by atoms with E-state index in [1.807, 2.05) is 43.5 Å². The largest absolute Gasteiger partial charge is 0.481 e. The van der Waals surface area contributed by atoms with Crippen LogP contribution in [0.15, 0.2) is 36.5 Å². The second-order valence-corrected chi connectivity index (χ2v) is 5.42. The number of aliphatic carboxylic acids is 1. The Kier molecular flexibility index (Phi) is 5.15. The molecule has 22 heavy (non-hydrogen) atoms. The molecule has 1 fully saturated rings. The van der Waals surface area contributed by atoms with Crippen LogP contribution in [0.3, 0.4) is 0 Å². The second-order valence-electron chi connectivity index (χ2n) is 5.42. The third-order valence-electron chi connectivity index (χ3n) is 4.08. The maximum Gasteiger partial charge on any atom is 0.307 e. The summed E-state index contributed by atoms with van der Waals surface area (Å²) in [7, 11) is 0. The van der Waals surface area contributed by atoms with Gasteiger partial charge in [0, 0.05) is 6.54 Å². The minimum Gasteiger partial charge on any atom is -0.481 e. The van der Waals surface area contributed by atoms with Gasteiger partial charge in [0.25, 0.3) is 0 Å². The van der Waals surface area contributed by atoms with Crippen molar-refractivity contribution in [1.29, 1.82) is 0 Å². The molecule has 1 aromatic carbocycles. The zero-order valence-corrected chi connectivity index (χ0v) is 13.1. The van der Waals surface area contributed by atoms with Crippen LogP contribution in [0.5, 0.6) is 0 Å². The van der Waals surface area contributed by atoms with Crippen molar-refractivity contribution in [3.05, 3.63) is 42.2 Å². The predicted molar refractivity (Wildman–Crippen MR) is 84.3 cm³/mol. The molecule has 0 radical (unpaired) electrons. The van der Waals surface area contributed by atoms with Crippen LogP contribution in [0.1, 0.15) is 25.1 Å². The molecule has 0 saturated carbocycles. The normalized spacial score (nSPS) is 19.6. The SMILES string of the molecule is CC(c1cn(-c2ccccc2)nn1)N1CCC(C(=O)O)C1.Cl. The zero-order chi connectivity index (χ0) is 14.8. The van der Waals surface area contributed by atoms with Crippen molar-refractivity contribution in [2.45, 2.75) is 19.4 Å². The lowest BCUT2D eigenvalue weighted by Gasteiger charge is -2.21. The van der Waals surface area contributed by atoms with Crippen molar-refractivity contribution >= 4 is 18.4 Å². The maximum absolute atomic E-state index is 11.0. The number of nitrogens with zero attached hydrogens (tertiary/aromatic N) is 4. The van der Waals surface area contributed by atoms with Gasteiger partial charge in [-0.3, -0.25) is 9.69 Å². The van der Waals surface area contributed by atoms with Gasteiger partial charge in [-0.05, 0) is 32.0 Å². The van der Waals surface area contributed by atoms with Crippen LogP contribution in [0.2, 0.25) is 0 Å². The molecule has 2 atom stereocenters. The topological polar surface area (TPSA) is 71.2 Å². The van der Waals surface area contributed by atoms with Gasteiger partial charge in [-0.1, -0.05) is 23.4 Å². The van der Waals surface area contributed by atoms with Crippen molar-refractivity contribution in [3.8, 4) is 5.69 Å². The van der Waals surface area contributed by atoms with Gasteiger partial charge in [0.05, 0.1) is 29.5 Å². The highest BCUT2D eigenvalue weighted by molar-refractivity contribution is 5.85. The third kappa shape index (κ3) is 3.28. The number of hydrogen-bond acceptors (Lipinski definition) is 4. The van der Waals surface area contributed by atoms with Gasteiger partial charge in [-0.25, -0.2) is 4.68 Å². The molecule has 0 bridgehead atoms. The number of hydrogen-bond donors (Lipinski definition) is 1. The van der Waals surface area contributed by atoms with Crippen molar-refractivity contribution in [3.63, 3.8) is 0 Å². The Bertz CT molecular complexity index is 631. The molecule has 1 N–H and O–H groups in total. The van der Waals surface area contributed by atoms with E-state index >= 15 is 0 Å². The van der Waals surface area contributed by atoms with Crippen LogP contribution in [0.4, 0.5) is 0 Å². The average molecular weight is 323 g/mol. The average Bonchev–Trinajstić information content (AvgIpc) is 3.17. The number of carboxylic acids is 1. The molecule has 2 heterocycles. The monoisotopic (exact) mass is 322 g/mol. The van der Waals surface area contributed by atoms with Gasteiger partial charge in [0.1, 0.15) is 0 Å². The van der Waals surface area contributed by atoms with Gasteiger partial charge < -0.3 is 5.11 Å². The van der Waals surface area contributed by atoms with Crippen molar-refractivity contribution in [2.24, 2.45) is 5.92 Å². The maximum atomic E-state index is 11.0. The van der Waals surface area contributed by atoms with Crippen LogP contribution >= 0.6 is 12.4 Å². The van der Waals surface area contributed by atoms with E-state index in [0.717, 1.165) is 17.9 Å². The van der Waals surface area contributed by atoms with Gasteiger partial charge in [-0.2, -0.15) is 0 Å². The lowest BCUT2D eigenvalue weighted by atomic mass is 10.1. The summed E-state index contributed by atoms with van der Waals surface area (Å²) in [6.45, 7) is 3.41. The number of para-hydroxylation sites is 1. The molecule has 0 aliphatic carbocycles. The van der Waals surface area contributed by atoms with Gasteiger partial charge >= 0.3 is 5.97 Å². The Hall–Kier alpha value is -1.92. The second kappa shape index (κ2) is 6.89. The van der Waals surface area contributed by atoms with E-state index in [-0.39, 0.29) is 24.4 Å². The Morgan fingerprint density at radius 1 is 1.36 bits per heavy atom. The van der Waals surface area contributed by atoms with Gasteiger partial charge in [0.15, 0.2) is 0 Å². The van der Waals surface area contributed by atoms with E-state index in [9.17, 15) is 4.79 Å².